The highest BCUT2D eigenvalue weighted by Gasteiger charge is 2.14. The van der Waals surface area contributed by atoms with E-state index in [9.17, 15) is 14.0 Å². The van der Waals surface area contributed by atoms with Crippen LogP contribution in [-0.4, -0.2) is 23.3 Å². The Hall–Kier alpha value is -3.15. The van der Waals surface area contributed by atoms with Crippen LogP contribution in [0.1, 0.15) is 23.7 Å². The smallest absolute Gasteiger partial charge is 0.243 e. The maximum Gasteiger partial charge on any atom is 0.243 e. The predicted octanol–water partition coefficient (Wildman–Crippen LogP) is 3.48. The summed E-state index contributed by atoms with van der Waals surface area (Å²) in [5.74, 6) is -0.926. The molecule has 0 saturated heterocycles. The quantitative estimate of drug-likeness (QED) is 0.624. The van der Waals surface area contributed by atoms with Crippen molar-refractivity contribution >= 4 is 28.4 Å². The number of halogens is 1. The SMILES string of the molecule is CCc1ccccc1NC(=O)CNC(=O)Cc1c(C)[nH]c2ccc(F)cc12. The van der Waals surface area contributed by atoms with Crippen LogP contribution in [0.4, 0.5) is 10.1 Å². The summed E-state index contributed by atoms with van der Waals surface area (Å²) in [5.41, 5.74) is 4.12. The molecule has 6 heteroatoms. The molecule has 0 spiro atoms. The molecule has 3 N–H and O–H groups in total. The molecule has 0 fully saturated rings. The highest BCUT2D eigenvalue weighted by atomic mass is 19.1. The molecule has 1 heterocycles. The summed E-state index contributed by atoms with van der Waals surface area (Å²) >= 11 is 0. The summed E-state index contributed by atoms with van der Waals surface area (Å²) in [4.78, 5) is 27.5. The number of aromatic amines is 1. The van der Waals surface area contributed by atoms with E-state index >= 15 is 0 Å². The minimum Gasteiger partial charge on any atom is -0.358 e. The van der Waals surface area contributed by atoms with Gasteiger partial charge in [-0.1, -0.05) is 25.1 Å². The Bertz CT molecular complexity index is 994. The van der Waals surface area contributed by atoms with Gasteiger partial charge in [0.05, 0.1) is 13.0 Å². The van der Waals surface area contributed by atoms with Crippen LogP contribution >= 0.6 is 0 Å². The summed E-state index contributed by atoms with van der Waals surface area (Å²) in [6.45, 7) is 3.74. The molecular formula is C21H22FN3O2. The molecule has 0 bridgehead atoms. The van der Waals surface area contributed by atoms with Gasteiger partial charge in [0.1, 0.15) is 5.82 Å². The van der Waals surface area contributed by atoms with E-state index in [2.05, 4.69) is 15.6 Å². The van der Waals surface area contributed by atoms with Crippen LogP contribution in [0.3, 0.4) is 0 Å². The van der Waals surface area contributed by atoms with E-state index in [0.717, 1.165) is 34.4 Å². The molecule has 27 heavy (non-hydrogen) atoms. The summed E-state index contributed by atoms with van der Waals surface area (Å²) in [6, 6.07) is 12.0. The lowest BCUT2D eigenvalue weighted by Crippen LogP contribution is -2.34. The zero-order valence-electron chi connectivity index (χ0n) is 15.4. The number of carbonyl (C=O) groups is 2. The fourth-order valence-corrected chi connectivity index (χ4v) is 3.13. The normalized spacial score (nSPS) is 10.8. The van der Waals surface area contributed by atoms with Crippen molar-refractivity contribution in [1.82, 2.24) is 10.3 Å². The Kier molecular flexibility index (Phi) is 5.54. The van der Waals surface area contributed by atoms with Crippen molar-refractivity contribution in [2.24, 2.45) is 0 Å². The number of aryl methyl sites for hydroxylation is 2. The Morgan fingerprint density at radius 1 is 1.11 bits per heavy atom. The molecule has 2 amide bonds. The van der Waals surface area contributed by atoms with Gasteiger partial charge in [-0.25, -0.2) is 4.39 Å². The van der Waals surface area contributed by atoms with Gasteiger partial charge >= 0.3 is 0 Å². The molecule has 0 aliphatic heterocycles. The van der Waals surface area contributed by atoms with Gasteiger partial charge in [0.15, 0.2) is 0 Å². The third-order valence-corrected chi connectivity index (χ3v) is 4.54. The van der Waals surface area contributed by atoms with Crippen molar-refractivity contribution in [3.63, 3.8) is 0 Å². The second-order valence-electron chi connectivity index (χ2n) is 6.43. The van der Waals surface area contributed by atoms with Crippen molar-refractivity contribution < 1.29 is 14.0 Å². The van der Waals surface area contributed by atoms with Gasteiger partial charge in [0, 0.05) is 22.3 Å². The van der Waals surface area contributed by atoms with Crippen molar-refractivity contribution in [2.45, 2.75) is 26.7 Å². The predicted molar refractivity (Wildman–Crippen MR) is 104 cm³/mol. The number of aromatic nitrogens is 1. The first-order valence-electron chi connectivity index (χ1n) is 8.89. The van der Waals surface area contributed by atoms with Crippen LogP contribution in [0, 0.1) is 12.7 Å². The third-order valence-electron chi connectivity index (χ3n) is 4.54. The molecule has 0 radical (unpaired) electrons. The van der Waals surface area contributed by atoms with E-state index in [1.807, 2.05) is 38.1 Å². The molecule has 5 nitrogen and oxygen atoms in total. The number of fused-ring (bicyclic) bond motifs is 1. The maximum absolute atomic E-state index is 13.5. The van der Waals surface area contributed by atoms with E-state index in [1.165, 1.54) is 12.1 Å². The Balaban J connectivity index is 1.61. The second kappa shape index (κ2) is 8.03. The number of amides is 2. The summed E-state index contributed by atoms with van der Waals surface area (Å²) in [7, 11) is 0. The molecular weight excluding hydrogens is 345 g/mol. The molecule has 0 aliphatic rings. The first-order chi connectivity index (χ1) is 13.0. The zero-order chi connectivity index (χ0) is 19.4. The Labute approximate surface area is 157 Å². The Morgan fingerprint density at radius 2 is 1.89 bits per heavy atom. The topological polar surface area (TPSA) is 74.0 Å². The van der Waals surface area contributed by atoms with Crippen molar-refractivity contribution in [3.8, 4) is 0 Å². The number of nitrogens with one attached hydrogen (secondary N) is 3. The van der Waals surface area contributed by atoms with Gasteiger partial charge in [0.2, 0.25) is 11.8 Å². The fourth-order valence-electron chi connectivity index (χ4n) is 3.13. The summed E-state index contributed by atoms with van der Waals surface area (Å²) in [6.07, 6.45) is 0.882. The lowest BCUT2D eigenvalue weighted by atomic mass is 10.1. The number of rotatable bonds is 6. The molecule has 2 aromatic carbocycles. The first-order valence-corrected chi connectivity index (χ1v) is 8.89. The van der Waals surface area contributed by atoms with E-state index < -0.39 is 0 Å². The van der Waals surface area contributed by atoms with Crippen LogP contribution < -0.4 is 10.6 Å². The lowest BCUT2D eigenvalue weighted by Gasteiger charge is -2.10. The van der Waals surface area contributed by atoms with Crippen LogP contribution in [0.5, 0.6) is 0 Å². The van der Waals surface area contributed by atoms with Gasteiger partial charge in [-0.15, -0.1) is 0 Å². The molecule has 3 rings (SSSR count). The van der Waals surface area contributed by atoms with Crippen LogP contribution in [0.25, 0.3) is 10.9 Å². The van der Waals surface area contributed by atoms with Gasteiger partial charge in [-0.05, 0) is 48.7 Å². The van der Waals surface area contributed by atoms with Crippen LogP contribution in [-0.2, 0) is 22.4 Å². The third kappa shape index (κ3) is 4.34. The van der Waals surface area contributed by atoms with E-state index in [0.29, 0.717) is 5.39 Å². The average Bonchev–Trinajstić information content (AvgIpc) is 2.95. The highest BCUT2D eigenvalue weighted by molar-refractivity contribution is 5.96. The van der Waals surface area contributed by atoms with Crippen LogP contribution in [0.15, 0.2) is 42.5 Å². The number of anilines is 1. The molecule has 3 aromatic rings. The van der Waals surface area contributed by atoms with Gasteiger partial charge in [-0.3, -0.25) is 9.59 Å². The zero-order valence-corrected chi connectivity index (χ0v) is 15.4. The summed E-state index contributed by atoms with van der Waals surface area (Å²) in [5, 5.41) is 6.13. The van der Waals surface area contributed by atoms with Crippen molar-refractivity contribution in [2.75, 3.05) is 11.9 Å². The monoisotopic (exact) mass is 367 g/mol. The average molecular weight is 367 g/mol. The van der Waals surface area contributed by atoms with Gasteiger partial charge < -0.3 is 15.6 Å². The molecule has 0 unspecified atom stereocenters. The molecule has 0 aliphatic carbocycles. The number of benzene rings is 2. The van der Waals surface area contributed by atoms with E-state index in [1.54, 1.807) is 6.07 Å². The van der Waals surface area contributed by atoms with Gasteiger partial charge in [0.25, 0.3) is 0 Å². The van der Waals surface area contributed by atoms with E-state index in [4.69, 9.17) is 0 Å². The maximum atomic E-state index is 13.5. The standard InChI is InChI=1S/C21H22FN3O2/c1-3-14-6-4-5-7-18(14)25-21(27)12-23-20(26)11-16-13(2)24-19-9-8-15(22)10-17(16)19/h4-10,24H,3,11-12H2,1-2H3,(H,23,26)(H,25,27). The first kappa shape index (κ1) is 18.6. The van der Waals surface area contributed by atoms with Crippen molar-refractivity contribution in [1.29, 1.82) is 0 Å². The Morgan fingerprint density at radius 3 is 2.67 bits per heavy atom. The second-order valence-corrected chi connectivity index (χ2v) is 6.43. The van der Waals surface area contributed by atoms with E-state index in [-0.39, 0.29) is 30.6 Å². The minimum absolute atomic E-state index is 0.0775. The molecule has 0 saturated carbocycles. The fraction of sp³-hybridized carbons (Fsp3) is 0.238. The molecule has 1 aromatic heterocycles. The number of carbonyl (C=O) groups excluding carboxylic acids is 2. The molecule has 140 valence electrons. The highest BCUT2D eigenvalue weighted by Crippen LogP contribution is 2.23. The molecule has 0 atom stereocenters. The number of para-hydroxylation sites is 1. The van der Waals surface area contributed by atoms with Crippen molar-refractivity contribution in [3.05, 3.63) is 65.1 Å². The summed E-state index contributed by atoms with van der Waals surface area (Å²) < 4.78 is 13.5. The minimum atomic E-state index is -0.350. The van der Waals surface area contributed by atoms with Gasteiger partial charge in [-0.2, -0.15) is 0 Å². The number of H-pyrrole nitrogens is 1. The lowest BCUT2D eigenvalue weighted by molar-refractivity contribution is -0.123. The number of hydrogen-bond donors (Lipinski definition) is 3. The number of hydrogen-bond acceptors (Lipinski definition) is 2. The largest absolute Gasteiger partial charge is 0.358 e. The van der Waals surface area contributed by atoms with Crippen LogP contribution in [0.2, 0.25) is 0 Å².